The summed E-state index contributed by atoms with van der Waals surface area (Å²) in [5, 5.41) is 6.76. The van der Waals surface area contributed by atoms with Crippen LogP contribution < -0.4 is 15.4 Å². The van der Waals surface area contributed by atoms with Crippen LogP contribution in [0, 0.1) is 5.82 Å². The van der Waals surface area contributed by atoms with Gasteiger partial charge in [-0.05, 0) is 72.9 Å². The lowest BCUT2D eigenvalue weighted by atomic mass is 10.0. The van der Waals surface area contributed by atoms with Crippen LogP contribution in [0.3, 0.4) is 0 Å². The quantitative estimate of drug-likeness (QED) is 0.300. The highest BCUT2D eigenvalue weighted by atomic mass is 32.1. The lowest BCUT2D eigenvalue weighted by Gasteiger charge is -2.26. The molecule has 4 aromatic rings. The molecule has 1 amide bonds. The Morgan fingerprint density at radius 3 is 2.65 bits per heavy atom. The average molecular weight is 517 g/mol. The maximum Gasteiger partial charge on any atom is 0.226 e. The molecule has 2 N–H and O–H groups in total. The number of rotatable bonds is 8. The first-order chi connectivity index (χ1) is 18.0. The van der Waals surface area contributed by atoms with Crippen molar-refractivity contribution in [2.24, 2.45) is 0 Å². The summed E-state index contributed by atoms with van der Waals surface area (Å²) >= 11 is 5.68. The molecule has 0 bridgehead atoms. The van der Waals surface area contributed by atoms with E-state index >= 15 is 0 Å². The van der Waals surface area contributed by atoms with Gasteiger partial charge in [-0.3, -0.25) is 9.78 Å². The fourth-order valence-corrected chi connectivity index (χ4v) is 4.75. The fraction of sp³-hybridized carbons (Fsp3) is 0.179. The molecule has 1 fully saturated rings. The van der Waals surface area contributed by atoms with Gasteiger partial charge in [0.1, 0.15) is 29.1 Å². The van der Waals surface area contributed by atoms with Gasteiger partial charge in [-0.2, -0.15) is 0 Å². The van der Waals surface area contributed by atoms with E-state index in [-0.39, 0.29) is 30.2 Å². The number of pyridine rings is 1. The number of nitrogens with zero attached hydrogens (tertiary/aromatic N) is 2. The summed E-state index contributed by atoms with van der Waals surface area (Å²) in [5.41, 5.74) is 2.17. The van der Waals surface area contributed by atoms with Gasteiger partial charge in [-0.25, -0.2) is 4.39 Å². The maximum absolute atomic E-state index is 13.4. The molecule has 5 rings (SSSR count). The molecule has 188 valence electrons. The Labute approximate surface area is 219 Å². The minimum Gasteiger partial charge on any atom is -0.495 e. The van der Waals surface area contributed by atoms with Crippen LogP contribution in [0.2, 0.25) is 0 Å². The van der Waals surface area contributed by atoms with E-state index in [1.807, 2.05) is 47.4 Å². The third-order valence-corrected chi connectivity index (χ3v) is 6.56. The number of carbonyl (C=O) groups is 1. The molecule has 2 atom stereocenters. The number of benzene rings is 2. The van der Waals surface area contributed by atoms with E-state index in [9.17, 15) is 9.18 Å². The number of thiocarbonyl (C=S) groups is 1. The molecule has 0 saturated carbocycles. The van der Waals surface area contributed by atoms with Crippen molar-refractivity contribution in [3.8, 4) is 17.1 Å². The van der Waals surface area contributed by atoms with E-state index < -0.39 is 0 Å². The molecule has 2 aromatic heterocycles. The zero-order chi connectivity index (χ0) is 25.8. The molecule has 7 nitrogen and oxygen atoms in total. The molecule has 1 aliphatic rings. The van der Waals surface area contributed by atoms with Crippen molar-refractivity contribution < 1.29 is 18.3 Å². The summed E-state index contributed by atoms with van der Waals surface area (Å²) in [5.74, 6) is 1.38. The molecule has 9 heteroatoms. The second kappa shape index (κ2) is 10.8. The normalized spacial score (nSPS) is 16.9. The topological polar surface area (TPSA) is 79.6 Å². The fourth-order valence-electron chi connectivity index (χ4n) is 4.42. The Morgan fingerprint density at radius 1 is 1.11 bits per heavy atom. The number of hydrogen-bond donors (Lipinski definition) is 2. The van der Waals surface area contributed by atoms with Gasteiger partial charge in [0, 0.05) is 24.7 Å². The Kier molecular flexibility index (Phi) is 7.14. The number of aromatic nitrogens is 1. The number of methoxy groups -OCH3 is 1. The van der Waals surface area contributed by atoms with Crippen LogP contribution in [0.5, 0.6) is 5.75 Å². The summed E-state index contributed by atoms with van der Waals surface area (Å²) in [6, 6.07) is 22.2. The number of halogens is 1. The van der Waals surface area contributed by atoms with Gasteiger partial charge in [-0.1, -0.05) is 18.2 Å². The van der Waals surface area contributed by atoms with Crippen molar-refractivity contribution in [2.45, 2.75) is 18.5 Å². The van der Waals surface area contributed by atoms with Crippen molar-refractivity contribution in [3.05, 3.63) is 102 Å². The van der Waals surface area contributed by atoms with Crippen LogP contribution in [0.15, 0.2) is 89.5 Å². The highest BCUT2D eigenvalue weighted by Crippen LogP contribution is 2.40. The smallest absolute Gasteiger partial charge is 0.226 e. The van der Waals surface area contributed by atoms with E-state index in [0.29, 0.717) is 34.6 Å². The lowest BCUT2D eigenvalue weighted by molar-refractivity contribution is -0.116. The van der Waals surface area contributed by atoms with Crippen LogP contribution in [-0.4, -0.2) is 34.6 Å². The molecular formula is C28H25FN4O3S. The predicted molar refractivity (Wildman–Crippen MR) is 143 cm³/mol. The molecular weight excluding hydrogens is 491 g/mol. The molecule has 37 heavy (non-hydrogen) atoms. The van der Waals surface area contributed by atoms with E-state index in [4.69, 9.17) is 21.4 Å². The average Bonchev–Trinajstić information content (AvgIpc) is 3.53. The number of ether oxygens (including phenoxy) is 1. The first-order valence-corrected chi connectivity index (χ1v) is 12.2. The van der Waals surface area contributed by atoms with E-state index in [0.717, 1.165) is 11.3 Å². The highest BCUT2D eigenvalue weighted by Gasteiger charge is 2.41. The van der Waals surface area contributed by atoms with Crippen LogP contribution in [0.25, 0.3) is 11.3 Å². The minimum absolute atomic E-state index is 0.168. The molecule has 1 aliphatic heterocycles. The zero-order valence-corrected chi connectivity index (χ0v) is 20.9. The van der Waals surface area contributed by atoms with Crippen molar-refractivity contribution in [2.75, 3.05) is 19.0 Å². The number of anilines is 1. The second-order valence-corrected chi connectivity index (χ2v) is 8.91. The molecule has 0 unspecified atom stereocenters. The van der Waals surface area contributed by atoms with Gasteiger partial charge in [0.2, 0.25) is 5.91 Å². The van der Waals surface area contributed by atoms with Crippen molar-refractivity contribution in [1.29, 1.82) is 0 Å². The largest absolute Gasteiger partial charge is 0.495 e. The van der Waals surface area contributed by atoms with Crippen LogP contribution in [0.1, 0.15) is 30.0 Å². The monoisotopic (exact) mass is 516 g/mol. The Bertz CT molecular complexity index is 1390. The molecule has 0 aliphatic carbocycles. The molecule has 3 heterocycles. The number of nitrogens with one attached hydrogen (secondary N) is 2. The third kappa shape index (κ3) is 5.31. The Morgan fingerprint density at radius 2 is 1.89 bits per heavy atom. The molecule has 1 saturated heterocycles. The maximum atomic E-state index is 13.4. The summed E-state index contributed by atoms with van der Waals surface area (Å²) in [6.45, 7) is 0.355. The summed E-state index contributed by atoms with van der Waals surface area (Å²) < 4.78 is 25.0. The van der Waals surface area contributed by atoms with E-state index in [2.05, 4.69) is 15.6 Å². The van der Waals surface area contributed by atoms with Crippen molar-refractivity contribution >= 4 is 28.9 Å². The predicted octanol–water partition coefficient (Wildman–Crippen LogP) is 5.49. The van der Waals surface area contributed by atoms with Gasteiger partial charge < -0.3 is 24.7 Å². The number of amides is 1. The number of para-hydroxylation sites is 2. The van der Waals surface area contributed by atoms with Gasteiger partial charge in [0.05, 0.1) is 24.5 Å². The van der Waals surface area contributed by atoms with Crippen molar-refractivity contribution in [1.82, 2.24) is 15.2 Å². The number of carbonyl (C=O) groups excluding carboxylic acids is 1. The Hall–Kier alpha value is -4.24. The summed E-state index contributed by atoms with van der Waals surface area (Å²) in [4.78, 5) is 19.3. The standard InChI is InChI=1S/C28H25FN4O3S/c1-35-23-8-3-2-6-20(23)31-25(34)15-17-33-27(26(32-28(33)37)21-7-4-5-16-30-21)24-14-13-22(36-24)18-9-11-19(29)12-10-18/h2-14,16,26-27H,15,17H2,1H3,(H,31,34)(H,32,37)/t26-,27-/m0/s1. The molecule has 0 spiro atoms. The second-order valence-electron chi connectivity index (χ2n) is 8.53. The minimum atomic E-state index is -0.337. The number of furan rings is 1. The van der Waals surface area contributed by atoms with E-state index in [1.165, 1.54) is 12.1 Å². The third-order valence-electron chi connectivity index (χ3n) is 6.21. The van der Waals surface area contributed by atoms with Gasteiger partial charge in [0.15, 0.2) is 5.11 Å². The lowest BCUT2D eigenvalue weighted by Crippen LogP contribution is -2.32. The molecule has 2 aromatic carbocycles. The van der Waals surface area contributed by atoms with Crippen LogP contribution in [-0.2, 0) is 4.79 Å². The van der Waals surface area contributed by atoms with Crippen LogP contribution in [0.4, 0.5) is 10.1 Å². The van der Waals surface area contributed by atoms with E-state index in [1.54, 1.807) is 37.6 Å². The van der Waals surface area contributed by atoms with Gasteiger partial charge >= 0.3 is 0 Å². The van der Waals surface area contributed by atoms with Crippen LogP contribution >= 0.6 is 12.2 Å². The first kappa shape index (κ1) is 24.5. The van der Waals surface area contributed by atoms with Crippen molar-refractivity contribution in [3.63, 3.8) is 0 Å². The summed E-state index contributed by atoms with van der Waals surface area (Å²) in [6.07, 6.45) is 1.92. The SMILES string of the molecule is COc1ccccc1NC(=O)CCN1C(=S)N[C@@H](c2ccccn2)[C@@H]1c1ccc(-c2ccc(F)cc2)o1. The first-order valence-electron chi connectivity index (χ1n) is 11.8. The zero-order valence-electron chi connectivity index (χ0n) is 20.1. The van der Waals surface area contributed by atoms with Gasteiger partial charge in [-0.15, -0.1) is 0 Å². The Balaban J connectivity index is 1.39. The highest BCUT2D eigenvalue weighted by molar-refractivity contribution is 7.80. The van der Waals surface area contributed by atoms with Gasteiger partial charge in [0.25, 0.3) is 0 Å². The summed E-state index contributed by atoms with van der Waals surface area (Å²) in [7, 11) is 1.56. The number of hydrogen-bond acceptors (Lipinski definition) is 5. The molecule has 0 radical (unpaired) electrons.